The number of ether oxygens (including phenoxy) is 2. The molecule has 2 heterocycles. The zero-order valence-electron chi connectivity index (χ0n) is 16.2. The van der Waals surface area contributed by atoms with Crippen LogP contribution in [0.3, 0.4) is 0 Å². The lowest BCUT2D eigenvalue weighted by atomic mass is 10.0. The third kappa shape index (κ3) is 4.35. The summed E-state index contributed by atoms with van der Waals surface area (Å²) in [6, 6.07) is 7.95. The van der Waals surface area contributed by atoms with Crippen LogP contribution in [-0.4, -0.2) is 61.8 Å². The molecular formula is C19H21N5O7. The van der Waals surface area contributed by atoms with Crippen molar-refractivity contribution in [1.29, 1.82) is 5.26 Å². The number of aromatic nitrogens is 2. The van der Waals surface area contributed by atoms with Crippen molar-refractivity contribution in [2.75, 3.05) is 12.3 Å². The van der Waals surface area contributed by atoms with Crippen molar-refractivity contribution in [3.8, 4) is 11.8 Å². The third-order valence-electron chi connectivity index (χ3n) is 4.86. The van der Waals surface area contributed by atoms with Crippen molar-refractivity contribution < 1.29 is 29.6 Å². The summed E-state index contributed by atoms with van der Waals surface area (Å²) in [6.07, 6.45) is -3.57. The summed E-state index contributed by atoms with van der Waals surface area (Å²) in [4.78, 5) is 27.8. The number of aliphatic hydroxyl groups excluding tert-OH is 2. The molecule has 1 aromatic carbocycles. The first-order valence-electron chi connectivity index (χ1n) is 9.19. The maximum absolute atomic E-state index is 12.2. The van der Waals surface area contributed by atoms with Gasteiger partial charge in [0.1, 0.15) is 48.6 Å². The van der Waals surface area contributed by atoms with E-state index < -0.39 is 48.3 Å². The fourth-order valence-corrected chi connectivity index (χ4v) is 3.19. The summed E-state index contributed by atoms with van der Waals surface area (Å²) in [7, 11) is 0. The van der Waals surface area contributed by atoms with Crippen molar-refractivity contribution in [2.45, 2.75) is 36.5 Å². The molecule has 0 spiro atoms. The van der Waals surface area contributed by atoms with Gasteiger partial charge >= 0.3 is 11.7 Å². The molecule has 7 N–H and O–H groups in total. The van der Waals surface area contributed by atoms with Gasteiger partial charge in [0, 0.05) is 6.20 Å². The third-order valence-corrected chi connectivity index (χ3v) is 4.86. The van der Waals surface area contributed by atoms with Gasteiger partial charge in [-0.3, -0.25) is 9.36 Å². The van der Waals surface area contributed by atoms with E-state index in [0.717, 1.165) is 6.20 Å². The second-order valence-corrected chi connectivity index (χ2v) is 7.01. The molecule has 12 heteroatoms. The molecule has 0 saturated carbocycles. The number of phenols is 1. The highest BCUT2D eigenvalue weighted by Gasteiger charge is 2.57. The Morgan fingerprint density at radius 3 is 2.65 bits per heavy atom. The van der Waals surface area contributed by atoms with Gasteiger partial charge in [-0.15, -0.1) is 0 Å². The Kier molecular flexibility index (Phi) is 6.23. The van der Waals surface area contributed by atoms with Gasteiger partial charge in [0.05, 0.1) is 0 Å². The van der Waals surface area contributed by atoms with Gasteiger partial charge in [-0.1, -0.05) is 12.1 Å². The van der Waals surface area contributed by atoms with E-state index in [1.54, 1.807) is 18.2 Å². The molecule has 1 aliphatic rings. The molecule has 0 bridgehead atoms. The number of carbonyl (C=O) groups is 1. The summed E-state index contributed by atoms with van der Waals surface area (Å²) in [5.74, 6) is -0.836. The fraction of sp³-hybridized carbons (Fsp3) is 0.368. The number of nitrogens with two attached hydrogens (primary N) is 2. The molecule has 164 valence electrons. The number of benzene rings is 1. The Hall–Kier alpha value is -3.50. The average molecular weight is 431 g/mol. The van der Waals surface area contributed by atoms with Crippen molar-refractivity contribution in [3.63, 3.8) is 0 Å². The fourth-order valence-electron chi connectivity index (χ4n) is 3.19. The molecule has 1 aromatic heterocycles. The molecule has 12 nitrogen and oxygen atoms in total. The summed E-state index contributed by atoms with van der Waals surface area (Å²) < 4.78 is 11.3. The van der Waals surface area contributed by atoms with Crippen LogP contribution in [-0.2, 0) is 26.4 Å². The average Bonchev–Trinajstić information content (AvgIpc) is 2.99. The first kappa shape index (κ1) is 22.2. The normalized spacial score (nSPS) is 26.2. The number of anilines is 1. The van der Waals surface area contributed by atoms with Crippen LogP contribution >= 0.6 is 0 Å². The minimum atomic E-state index is -2.29. The second-order valence-electron chi connectivity index (χ2n) is 7.01. The second kappa shape index (κ2) is 8.70. The molecule has 1 fully saturated rings. The van der Waals surface area contributed by atoms with Gasteiger partial charge in [0.2, 0.25) is 0 Å². The lowest BCUT2D eigenvalue weighted by molar-refractivity contribution is -0.155. The molecule has 0 aliphatic carbocycles. The lowest BCUT2D eigenvalue weighted by Gasteiger charge is -2.26. The molecular weight excluding hydrogens is 410 g/mol. The van der Waals surface area contributed by atoms with Crippen LogP contribution < -0.4 is 17.2 Å². The van der Waals surface area contributed by atoms with Crippen LogP contribution in [0.2, 0.25) is 0 Å². The first-order chi connectivity index (χ1) is 14.7. The Balaban J connectivity index is 1.68. The summed E-state index contributed by atoms with van der Waals surface area (Å²) in [5, 5.41) is 39.6. The van der Waals surface area contributed by atoms with E-state index in [4.69, 9.17) is 20.9 Å². The number of aliphatic hydroxyl groups is 2. The number of nitrogen functional groups attached to an aromatic ring is 1. The van der Waals surface area contributed by atoms with Gasteiger partial charge in [0.15, 0.2) is 0 Å². The Labute approximate surface area is 175 Å². The van der Waals surface area contributed by atoms with Crippen LogP contribution in [0, 0.1) is 11.3 Å². The highest BCUT2D eigenvalue weighted by molar-refractivity contribution is 5.75. The Bertz CT molecular complexity index is 1050. The minimum absolute atomic E-state index is 0.0715. The van der Waals surface area contributed by atoms with Crippen molar-refractivity contribution in [1.82, 2.24) is 9.55 Å². The largest absolute Gasteiger partial charge is 0.508 e. The smallest absolute Gasteiger partial charge is 0.352 e. The van der Waals surface area contributed by atoms with Crippen molar-refractivity contribution in [2.24, 2.45) is 5.73 Å². The highest BCUT2D eigenvalue weighted by atomic mass is 16.6. The zero-order valence-corrected chi connectivity index (χ0v) is 16.2. The SMILES string of the molecule is N#C[C@@]1(n2ccc(N)nc2=O)O[C@H](COC(=O)[C@H](N)Cc2ccc(O)cc2)C(O)C1O. The molecule has 1 saturated heterocycles. The number of rotatable bonds is 6. The van der Waals surface area contributed by atoms with Crippen LogP contribution in [0.4, 0.5) is 5.82 Å². The number of carbonyl (C=O) groups excluding carboxylic acids is 1. The van der Waals surface area contributed by atoms with Gasteiger partial charge in [-0.05, 0) is 30.2 Å². The first-order valence-corrected chi connectivity index (χ1v) is 9.19. The highest BCUT2D eigenvalue weighted by Crippen LogP contribution is 2.34. The molecule has 1 aliphatic heterocycles. The van der Waals surface area contributed by atoms with Gasteiger partial charge in [-0.2, -0.15) is 10.2 Å². The van der Waals surface area contributed by atoms with E-state index in [1.807, 2.05) is 0 Å². The summed E-state index contributed by atoms with van der Waals surface area (Å²) >= 11 is 0. The molecule has 2 aromatic rings. The predicted octanol–water partition coefficient (Wildman–Crippen LogP) is -2.06. The number of nitriles is 1. The number of hydrogen-bond donors (Lipinski definition) is 5. The van der Waals surface area contributed by atoms with Gasteiger partial charge in [-0.25, -0.2) is 4.79 Å². The molecule has 0 radical (unpaired) electrons. The zero-order chi connectivity index (χ0) is 22.8. The lowest BCUT2D eigenvalue weighted by Crippen LogP contribution is -2.49. The van der Waals surface area contributed by atoms with Gasteiger partial charge < -0.3 is 36.3 Å². The Morgan fingerprint density at radius 1 is 1.35 bits per heavy atom. The number of nitrogens with zero attached hydrogens (tertiary/aromatic N) is 3. The van der Waals surface area contributed by atoms with E-state index in [-0.39, 0.29) is 18.0 Å². The molecule has 31 heavy (non-hydrogen) atoms. The summed E-state index contributed by atoms with van der Waals surface area (Å²) in [5.41, 5.74) is 8.69. The topological polar surface area (TPSA) is 207 Å². The maximum atomic E-state index is 12.2. The number of esters is 1. The Morgan fingerprint density at radius 2 is 2.03 bits per heavy atom. The van der Waals surface area contributed by atoms with Crippen molar-refractivity contribution in [3.05, 3.63) is 52.6 Å². The number of phenolic OH excluding ortho intramolecular Hbond substituents is 1. The quantitative estimate of drug-likeness (QED) is 0.314. The summed E-state index contributed by atoms with van der Waals surface area (Å²) in [6.45, 7) is -0.527. The predicted molar refractivity (Wildman–Crippen MR) is 104 cm³/mol. The molecule has 0 amide bonds. The van der Waals surface area contributed by atoms with Crippen LogP contribution in [0.1, 0.15) is 5.56 Å². The van der Waals surface area contributed by atoms with Crippen molar-refractivity contribution >= 4 is 11.8 Å². The number of hydrogen-bond acceptors (Lipinski definition) is 11. The molecule has 3 rings (SSSR count). The van der Waals surface area contributed by atoms with E-state index >= 15 is 0 Å². The molecule has 2 unspecified atom stereocenters. The molecule has 5 atom stereocenters. The maximum Gasteiger partial charge on any atom is 0.352 e. The van der Waals surface area contributed by atoms with Crippen LogP contribution in [0.15, 0.2) is 41.3 Å². The van der Waals surface area contributed by atoms with E-state index in [0.29, 0.717) is 10.1 Å². The van der Waals surface area contributed by atoms with E-state index in [1.165, 1.54) is 18.2 Å². The monoisotopic (exact) mass is 431 g/mol. The van der Waals surface area contributed by atoms with E-state index in [2.05, 4.69) is 4.98 Å². The number of aromatic hydroxyl groups is 1. The van der Waals surface area contributed by atoms with E-state index in [9.17, 15) is 30.2 Å². The van der Waals surface area contributed by atoms with Gasteiger partial charge in [0.25, 0.3) is 5.72 Å². The minimum Gasteiger partial charge on any atom is -0.508 e. The van der Waals surface area contributed by atoms with Crippen LogP contribution in [0.25, 0.3) is 0 Å². The standard InChI is InChI=1S/C19H21N5O7/c20-9-19(24-6-5-14(22)23-18(24)29)16(27)15(26)13(31-19)8-30-17(28)12(21)7-10-1-3-11(25)4-2-10/h1-6,12-13,15-16,25-27H,7-8,21H2,(H2,22,23,29)/t12-,13-,15?,16?,19-/m1/s1. The van der Waals surface area contributed by atoms with Crippen LogP contribution in [0.5, 0.6) is 5.75 Å².